The smallest absolute Gasteiger partial charge is 0.0654 e. The number of hydrogen-bond acceptors (Lipinski definition) is 3. The molecule has 0 aromatic rings. The standard InChI is InChI=1S/C7H15NOS/c1-3-9-8-7-5-10-4-6(7)2/h6-8H,3-5H2,1-2H3. The van der Waals surface area contributed by atoms with Gasteiger partial charge in [0.2, 0.25) is 0 Å². The van der Waals surface area contributed by atoms with Crippen LogP contribution in [0.25, 0.3) is 0 Å². The van der Waals surface area contributed by atoms with Gasteiger partial charge in [-0.1, -0.05) is 6.92 Å². The van der Waals surface area contributed by atoms with Gasteiger partial charge in [-0.15, -0.1) is 0 Å². The molecule has 0 bridgehead atoms. The van der Waals surface area contributed by atoms with Crippen molar-refractivity contribution in [3.05, 3.63) is 0 Å². The molecule has 2 atom stereocenters. The van der Waals surface area contributed by atoms with Crippen molar-refractivity contribution < 1.29 is 4.84 Å². The molecule has 1 aliphatic rings. The molecule has 2 unspecified atom stereocenters. The van der Waals surface area contributed by atoms with E-state index in [1.54, 1.807) is 0 Å². The first-order valence-electron chi connectivity index (χ1n) is 3.79. The Kier molecular flexibility index (Phi) is 3.52. The van der Waals surface area contributed by atoms with Crippen molar-refractivity contribution in [2.75, 3.05) is 18.1 Å². The Morgan fingerprint density at radius 3 is 2.90 bits per heavy atom. The SMILES string of the molecule is CCONC1CSCC1C. The molecular weight excluding hydrogens is 146 g/mol. The first kappa shape index (κ1) is 8.37. The maximum atomic E-state index is 5.12. The second kappa shape index (κ2) is 4.21. The maximum absolute atomic E-state index is 5.12. The minimum absolute atomic E-state index is 0.574. The lowest BCUT2D eigenvalue weighted by Gasteiger charge is -2.14. The molecular formula is C7H15NOS. The van der Waals surface area contributed by atoms with Gasteiger partial charge in [-0.3, -0.25) is 0 Å². The summed E-state index contributed by atoms with van der Waals surface area (Å²) in [5.41, 5.74) is 3.06. The van der Waals surface area contributed by atoms with Gasteiger partial charge in [0, 0.05) is 11.8 Å². The van der Waals surface area contributed by atoms with E-state index in [-0.39, 0.29) is 0 Å². The topological polar surface area (TPSA) is 21.3 Å². The lowest BCUT2D eigenvalue weighted by molar-refractivity contribution is 0.0215. The van der Waals surface area contributed by atoms with Crippen LogP contribution in [0.3, 0.4) is 0 Å². The molecule has 1 saturated heterocycles. The van der Waals surface area contributed by atoms with Crippen molar-refractivity contribution in [3.63, 3.8) is 0 Å². The van der Waals surface area contributed by atoms with E-state index in [0.29, 0.717) is 6.04 Å². The number of nitrogens with one attached hydrogen (secondary N) is 1. The Morgan fingerprint density at radius 2 is 2.40 bits per heavy atom. The zero-order valence-electron chi connectivity index (χ0n) is 6.59. The van der Waals surface area contributed by atoms with Gasteiger partial charge in [0.05, 0.1) is 6.61 Å². The fraction of sp³-hybridized carbons (Fsp3) is 1.00. The lowest BCUT2D eigenvalue weighted by Crippen LogP contribution is -2.33. The molecule has 3 heteroatoms. The molecule has 0 aliphatic carbocycles. The van der Waals surface area contributed by atoms with Gasteiger partial charge in [-0.25, -0.2) is 0 Å². The molecule has 1 fully saturated rings. The molecule has 60 valence electrons. The van der Waals surface area contributed by atoms with E-state index in [4.69, 9.17) is 4.84 Å². The summed E-state index contributed by atoms with van der Waals surface area (Å²) in [6, 6.07) is 0.574. The molecule has 1 N–H and O–H groups in total. The highest BCUT2D eigenvalue weighted by molar-refractivity contribution is 7.99. The van der Waals surface area contributed by atoms with Gasteiger partial charge in [-0.2, -0.15) is 17.2 Å². The van der Waals surface area contributed by atoms with E-state index < -0.39 is 0 Å². The minimum atomic E-state index is 0.574. The van der Waals surface area contributed by atoms with Crippen molar-refractivity contribution in [2.45, 2.75) is 19.9 Å². The van der Waals surface area contributed by atoms with E-state index in [2.05, 4.69) is 12.4 Å². The van der Waals surface area contributed by atoms with Crippen LogP contribution in [0.4, 0.5) is 0 Å². The Bertz CT molecular complexity index is 99.6. The van der Waals surface area contributed by atoms with Crippen LogP contribution in [0.2, 0.25) is 0 Å². The van der Waals surface area contributed by atoms with Crippen LogP contribution in [0.5, 0.6) is 0 Å². The summed E-state index contributed by atoms with van der Waals surface area (Å²) >= 11 is 2.00. The Balaban J connectivity index is 2.14. The average molecular weight is 161 g/mol. The zero-order valence-corrected chi connectivity index (χ0v) is 7.41. The van der Waals surface area contributed by atoms with Crippen molar-refractivity contribution in [3.8, 4) is 0 Å². The van der Waals surface area contributed by atoms with Gasteiger partial charge in [-0.05, 0) is 18.6 Å². The first-order chi connectivity index (χ1) is 4.84. The molecule has 0 aromatic heterocycles. The summed E-state index contributed by atoms with van der Waals surface area (Å²) in [6.07, 6.45) is 0. The van der Waals surface area contributed by atoms with E-state index in [9.17, 15) is 0 Å². The Labute approximate surface area is 66.7 Å². The number of rotatable bonds is 3. The quantitative estimate of drug-likeness (QED) is 0.630. The summed E-state index contributed by atoms with van der Waals surface area (Å²) in [7, 11) is 0. The highest BCUT2D eigenvalue weighted by Gasteiger charge is 2.23. The molecule has 2 nitrogen and oxygen atoms in total. The van der Waals surface area contributed by atoms with E-state index in [1.165, 1.54) is 11.5 Å². The van der Waals surface area contributed by atoms with Crippen LogP contribution in [0, 0.1) is 5.92 Å². The normalized spacial score (nSPS) is 33.0. The summed E-state index contributed by atoms with van der Waals surface area (Å²) < 4.78 is 0. The Morgan fingerprint density at radius 1 is 1.60 bits per heavy atom. The van der Waals surface area contributed by atoms with Gasteiger partial charge in [0.1, 0.15) is 0 Å². The molecule has 0 aromatic carbocycles. The van der Waals surface area contributed by atoms with Crippen LogP contribution < -0.4 is 5.48 Å². The molecule has 0 saturated carbocycles. The van der Waals surface area contributed by atoms with Crippen LogP contribution in [0.1, 0.15) is 13.8 Å². The van der Waals surface area contributed by atoms with Crippen LogP contribution in [-0.2, 0) is 4.84 Å². The molecule has 10 heavy (non-hydrogen) atoms. The number of hydroxylamine groups is 1. The third-order valence-corrected chi connectivity index (χ3v) is 3.10. The van der Waals surface area contributed by atoms with Crippen molar-refractivity contribution in [1.82, 2.24) is 5.48 Å². The van der Waals surface area contributed by atoms with Crippen LogP contribution >= 0.6 is 11.8 Å². The second-order valence-electron chi connectivity index (χ2n) is 2.67. The van der Waals surface area contributed by atoms with Gasteiger partial charge in [0.15, 0.2) is 0 Å². The average Bonchev–Trinajstić information content (AvgIpc) is 2.31. The van der Waals surface area contributed by atoms with Crippen molar-refractivity contribution in [1.29, 1.82) is 0 Å². The minimum Gasteiger partial charge on any atom is -0.302 e. The first-order valence-corrected chi connectivity index (χ1v) is 4.95. The maximum Gasteiger partial charge on any atom is 0.0654 e. The monoisotopic (exact) mass is 161 g/mol. The van der Waals surface area contributed by atoms with E-state index in [1.807, 2.05) is 18.7 Å². The highest BCUT2D eigenvalue weighted by Crippen LogP contribution is 2.23. The third-order valence-electron chi connectivity index (χ3n) is 1.74. The Hall–Kier alpha value is 0.270. The fourth-order valence-electron chi connectivity index (χ4n) is 1.00. The molecule has 0 radical (unpaired) electrons. The molecule has 1 aliphatic heterocycles. The largest absolute Gasteiger partial charge is 0.302 e. The second-order valence-corrected chi connectivity index (χ2v) is 3.75. The third kappa shape index (κ3) is 2.15. The lowest BCUT2D eigenvalue weighted by atomic mass is 10.1. The van der Waals surface area contributed by atoms with Gasteiger partial charge >= 0.3 is 0 Å². The van der Waals surface area contributed by atoms with Crippen LogP contribution in [-0.4, -0.2) is 24.2 Å². The summed E-state index contributed by atoms with van der Waals surface area (Å²) in [4.78, 5) is 5.12. The number of hydrogen-bond donors (Lipinski definition) is 1. The van der Waals surface area contributed by atoms with Crippen molar-refractivity contribution >= 4 is 11.8 Å². The van der Waals surface area contributed by atoms with Crippen LogP contribution in [0.15, 0.2) is 0 Å². The van der Waals surface area contributed by atoms with Crippen molar-refractivity contribution in [2.24, 2.45) is 5.92 Å². The highest BCUT2D eigenvalue weighted by atomic mass is 32.2. The fourth-order valence-corrected chi connectivity index (χ4v) is 2.39. The van der Waals surface area contributed by atoms with E-state index in [0.717, 1.165) is 12.5 Å². The van der Waals surface area contributed by atoms with Gasteiger partial charge < -0.3 is 4.84 Å². The molecule has 0 spiro atoms. The number of thioether (sulfide) groups is 1. The molecule has 1 heterocycles. The molecule has 1 rings (SSSR count). The summed E-state index contributed by atoms with van der Waals surface area (Å²) in [5, 5.41) is 0. The zero-order chi connectivity index (χ0) is 7.40. The molecule has 0 amide bonds. The van der Waals surface area contributed by atoms with Gasteiger partial charge in [0.25, 0.3) is 0 Å². The predicted octanol–water partition coefficient (Wildman–Crippen LogP) is 1.28. The summed E-state index contributed by atoms with van der Waals surface area (Å²) in [5.74, 6) is 3.22. The van der Waals surface area contributed by atoms with E-state index >= 15 is 0 Å². The predicted molar refractivity (Wildman–Crippen MR) is 45.0 cm³/mol. The summed E-state index contributed by atoms with van der Waals surface area (Å²) in [6.45, 7) is 5.02.